The summed E-state index contributed by atoms with van der Waals surface area (Å²) < 4.78 is 5.75. The quantitative estimate of drug-likeness (QED) is 0.879. The maximum Gasteiger partial charge on any atom is 0.290 e. The molecule has 0 aliphatic carbocycles. The molecule has 1 fully saturated rings. The highest BCUT2D eigenvalue weighted by atomic mass is 35.5. The van der Waals surface area contributed by atoms with Crippen molar-refractivity contribution in [2.75, 3.05) is 19.6 Å². The first-order valence-corrected chi connectivity index (χ1v) is 6.68. The SMILES string of the molecule is Cc1c(C(=O)N2CCNC[C@@H]2C)oc2ccccc12.Cl. The molecule has 5 heteroatoms. The third-order valence-electron chi connectivity index (χ3n) is 3.80. The molecule has 1 saturated heterocycles. The van der Waals surface area contributed by atoms with Crippen molar-refractivity contribution in [1.29, 1.82) is 0 Å². The Morgan fingerprint density at radius 3 is 2.85 bits per heavy atom. The average Bonchev–Trinajstić information content (AvgIpc) is 2.77. The van der Waals surface area contributed by atoms with Gasteiger partial charge in [-0.05, 0) is 19.9 Å². The van der Waals surface area contributed by atoms with E-state index in [-0.39, 0.29) is 24.4 Å². The number of fused-ring (bicyclic) bond motifs is 1. The van der Waals surface area contributed by atoms with Gasteiger partial charge in [0, 0.05) is 36.6 Å². The summed E-state index contributed by atoms with van der Waals surface area (Å²) in [4.78, 5) is 14.5. The second-order valence-electron chi connectivity index (χ2n) is 5.10. The monoisotopic (exact) mass is 294 g/mol. The van der Waals surface area contributed by atoms with Crippen molar-refractivity contribution in [2.45, 2.75) is 19.9 Å². The Labute approximate surface area is 124 Å². The summed E-state index contributed by atoms with van der Waals surface area (Å²) in [7, 11) is 0. The van der Waals surface area contributed by atoms with Crippen molar-refractivity contribution in [2.24, 2.45) is 0 Å². The fourth-order valence-electron chi connectivity index (χ4n) is 2.65. The fourth-order valence-corrected chi connectivity index (χ4v) is 2.65. The van der Waals surface area contributed by atoms with E-state index in [1.807, 2.05) is 36.1 Å². The number of hydrogen-bond donors (Lipinski definition) is 1. The summed E-state index contributed by atoms with van der Waals surface area (Å²) in [5, 5.41) is 4.31. The summed E-state index contributed by atoms with van der Waals surface area (Å²) in [6, 6.07) is 7.99. The number of rotatable bonds is 1. The number of nitrogens with zero attached hydrogens (tertiary/aromatic N) is 1. The van der Waals surface area contributed by atoms with Crippen LogP contribution in [0.4, 0.5) is 0 Å². The standard InChI is InChI=1S/C15H18N2O2.ClH/c1-10-9-16-7-8-17(10)15(18)14-11(2)12-5-3-4-6-13(12)19-14;/h3-6,10,16H,7-9H2,1-2H3;1H/t10-;/m0./s1. The van der Waals surface area contributed by atoms with Gasteiger partial charge in [0.25, 0.3) is 5.91 Å². The highest BCUT2D eigenvalue weighted by Gasteiger charge is 2.28. The number of furan rings is 1. The van der Waals surface area contributed by atoms with Gasteiger partial charge in [-0.15, -0.1) is 12.4 Å². The van der Waals surface area contributed by atoms with E-state index >= 15 is 0 Å². The number of amides is 1. The molecule has 2 heterocycles. The van der Waals surface area contributed by atoms with Gasteiger partial charge in [0.15, 0.2) is 5.76 Å². The Balaban J connectivity index is 0.00000147. The molecule has 2 aromatic rings. The van der Waals surface area contributed by atoms with Gasteiger partial charge in [0.05, 0.1) is 0 Å². The predicted molar refractivity (Wildman–Crippen MR) is 81.6 cm³/mol. The molecular weight excluding hydrogens is 276 g/mol. The number of nitrogens with one attached hydrogen (secondary N) is 1. The van der Waals surface area contributed by atoms with Gasteiger partial charge in [-0.25, -0.2) is 0 Å². The molecule has 0 spiro atoms. The van der Waals surface area contributed by atoms with E-state index in [9.17, 15) is 4.79 Å². The molecule has 3 rings (SSSR count). The Kier molecular flexibility index (Phi) is 4.35. The van der Waals surface area contributed by atoms with Crippen LogP contribution in [0.15, 0.2) is 28.7 Å². The molecule has 0 radical (unpaired) electrons. The van der Waals surface area contributed by atoms with Crippen molar-refractivity contribution < 1.29 is 9.21 Å². The Morgan fingerprint density at radius 1 is 1.40 bits per heavy atom. The van der Waals surface area contributed by atoms with Gasteiger partial charge >= 0.3 is 0 Å². The van der Waals surface area contributed by atoms with Crippen molar-refractivity contribution in [1.82, 2.24) is 10.2 Å². The number of carbonyl (C=O) groups is 1. The van der Waals surface area contributed by atoms with Gasteiger partial charge in [0.1, 0.15) is 5.58 Å². The number of carbonyl (C=O) groups excluding carboxylic acids is 1. The molecule has 0 saturated carbocycles. The molecule has 1 aromatic carbocycles. The van der Waals surface area contributed by atoms with Crippen LogP contribution in [0.3, 0.4) is 0 Å². The summed E-state index contributed by atoms with van der Waals surface area (Å²) >= 11 is 0. The average molecular weight is 295 g/mol. The lowest BCUT2D eigenvalue weighted by Gasteiger charge is -2.33. The van der Waals surface area contributed by atoms with E-state index in [1.165, 1.54) is 0 Å². The van der Waals surface area contributed by atoms with Crippen LogP contribution in [0.2, 0.25) is 0 Å². The Hall–Kier alpha value is -1.52. The first-order chi connectivity index (χ1) is 9.18. The smallest absolute Gasteiger partial charge is 0.290 e. The van der Waals surface area contributed by atoms with E-state index in [0.29, 0.717) is 5.76 Å². The summed E-state index contributed by atoms with van der Waals surface area (Å²) in [5.74, 6) is 0.484. The van der Waals surface area contributed by atoms with Crippen molar-refractivity contribution in [3.63, 3.8) is 0 Å². The summed E-state index contributed by atoms with van der Waals surface area (Å²) in [6.07, 6.45) is 0. The van der Waals surface area contributed by atoms with Gasteiger partial charge in [-0.1, -0.05) is 18.2 Å². The first kappa shape index (κ1) is 14.9. The lowest BCUT2D eigenvalue weighted by molar-refractivity contribution is 0.0624. The predicted octanol–water partition coefficient (Wildman–Crippen LogP) is 2.60. The zero-order valence-corrected chi connectivity index (χ0v) is 12.5. The molecule has 1 aromatic heterocycles. The van der Waals surface area contributed by atoms with Crippen LogP contribution in [-0.2, 0) is 0 Å². The van der Waals surface area contributed by atoms with Crippen LogP contribution >= 0.6 is 12.4 Å². The van der Waals surface area contributed by atoms with Crippen LogP contribution in [0.25, 0.3) is 11.0 Å². The molecule has 0 bridgehead atoms. The third-order valence-corrected chi connectivity index (χ3v) is 3.80. The van der Waals surface area contributed by atoms with E-state index in [2.05, 4.69) is 12.2 Å². The van der Waals surface area contributed by atoms with Crippen LogP contribution in [-0.4, -0.2) is 36.5 Å². The van der Waals surface area contributed by atoms with E-state index in [1.54, 1.807) is 0 Å². The van der Waals surface area contributed by atoms with Gasteiger partial charge < -0.3 is 14.6 Å². The number of halogens is 1. The van der Waals surface area contributed by atoms with E-state index < -0.39 is 0 Å². The van der Waals surface area contributed by atoms with Crippen molar-refractivity contribution in [3.8, 4) is 0 Å². The molecular formula is C15H19ClN2O2. The normalized spacial score (nSPS) is 18.9. The lowest BCUT2D eigenvalue weighted by atomic mass is 10.1. The molecule has 1 amide bonds. The highest BCUT2D eigenvalue weighted by molar-refractivity contribution is 5.99. The minimum atomic E-state index is 0. The number of para-hydroxylation sites is 1. The molecule has 1 aliphatic heterocycles. The minimum absolute atomic E-state index is 0. The molecule has 4 nitrogen and oxygen atoms in total. The van der Waals surface area contributed by atoms with Gasteiger partial charge in [0.2, 0.25) is 0 Å². The summed E-state index contributed by atoms with van der Waals surface area (Å²) in [5.41, 5.74) is 1.72. The van der Waals surface area contributed by atoms with Crippen molar-refractivity contribution >= 4 is 29.3 Å². The molecule has 1 atom stereocenters. The topological polar surface area (TPSA) is 45.5 Å². The largest absolute Gasteiger partial charge is 0.451 e. The first-order valence-electron chi connectivity index (χ1n) is 6.68. The Morgan fingerprint density at radius 2 is 2.15 bits per heavy atom. The lowest BCUT2D eigenvalue weighted by Crippen LogP contribution is -2.52. The van der Waals surface area contributed by atoms with E-state index in [0.717, 1.165) is 36.2 Å². The minimum Gasteiger partial charge on any atom is -0.451 e. The molecule has 20 heavy (non-hydrogen) atoms. The number of piperazine rings is 1. The van der Waals surface area contributed by atoms with Gasteiger partial charge in [-0.2, -0.15) is 0 Å². The van der Waals surface area contributed by atoms with Gasteiger partial charge in [-0.3, -0.25) is 4.79 Å². The zero-order chi connectivity index (χ0) is 13.4. The maximum atomic E-state index is 12.6. The maximum absolute atomic E-state index is 12.6. The number of benzene rings is 1. The summed E-state index contributed by atoms with van der Waals surface area (Å²) in [6.45, 7) is 6.42. The molecule has 1 N–H and O–H groups in total. The van der Waals surface area contributed by atoms with Crippen LogP contribution in [0.1, 0.15) is 23.0 Å². The molecule has 0 unspecified atom stereocenters. The van der Waals surface area contributed by atoms with E-state index in [4.69, 9.17) is 4.42 Å². The molecule has 1 aliphatic rings. The van der Waals surface area contributed by atoms with Crippen LogP contribution in [0.5, 0.6) is 0 Å². The second-order valence-corrected chi connectivity index (χ2v) is 5.10. The number of aryl methyl sites for hydroxylation is 1. The van der Waals surface area contributed by atoms with Crippen LogP contribution < -0.4 is 5.32 Å². The Bertz CT molecular complexity index is 623. The zero-order valence-electron chi connectivity index (χ0n) is 11.7. The second kappa shape index (κ2) is 5.85. The third kappa shape index (κ3) is 2.41. The molecule has 108 valence electrons. The highest BCUT2D eigenvalue weighted by Crippen LogP contribution is 2.26. The van der Waals surface area contributed by atoms with Crippen molar-refractivity contribution in [3.05, 3.63) is 35.6 Å². The van der Waals surface area contributed by atoms with Crippen LogP contribution in [0, 0.1) is 6.92 Å². The fraction of sp³-hybridized carbons (Fsp3) is 0.400. The number of hydrogen-bond acceptors (Lipinski definition) is 3.